The summed E-state index contributed by atoms with van der Waals surface area (Å²) in [6.45, 7) is 2.33. The van der Waals surface area contributed by atoms with Gasteiger partial charge >= 0.3 is 0 Å². The summed E-state index contributed by atoms with van der Waals surface area (Å²) in [5.41, 5.74) is 1.74. The molecule has 2 aliphatic heterocycles. The molecule has 1 unspecified atom stereocenters. The Hall–Kier alpha value is -1.10. The smallest absolute Gasteiger partial charge is 0.238 e. The van der Waals surface area contributed by atoms with Crippen LogP contribution >= 0.6 is 11.6 Å². The Bertz CT molecular complexity index is 535. The molecule has 3 rings (SSSR count). The number of halogens is 1. The maximum atomic E-state index is 12.2. The van der Waals surface area contributed by atoms with Crippen molar-refractivity contribution in [1.29, 1.82) is 0 Å². The summed E-state index contributed by atoms with van der Waals surface area (Å²) in [4.78, 5) is 14.5. The van der Waals surface area contributed by atoms with Crippen molar-refractivity contribution in [3.8, 4) is 0 Å². The number of nitrogens with one attached hydrogen (secondary N) is 1. The number of aryl methyl sites for hydroxylation is 1. The van der Waals surface area contributed by atoms with Crippen LogP contribution < -0.4 is 5.32 Å². The van der Waals surface area contributed by atoms with E-state index in [2.05, 4.69) is 10.2 Å². The Morgan fingerprint density at radius 2 is 2.05 bits per heavy atom. The van der Waals surface area contributed by atoms with Crippen LogP contribution in [0.2, 0.25) is 5.02 Å². The van der Waals surface area contributed by atoms with E-state index in [1.807, 2.05) is 19.1 Å². The van der Waals surface area contributed by atoms with Crippen LogP contribution in [0.25, 0.3) is 0 Å². The van der Waals surface area contributed by atoms with E-state index >= 15 is 0 Å². The normalized spacial score (nSPS) is 28.6. The van der Waals surface area contributed by atoms with Crippen LogP contribution in [-0.4, -0.2) is 40.6 Å². The first-order valence-corrected chi connectivity index (χ1v) is 7.90. The van der Waals surface area contributed by atoms with Gasteiger partial charge in [-0.2, -0.15) is 0 Å². The molecule has 2 N–H and O–H groups in total. The Morgan fingerprint density at radius 1 is 1.38 bits per heavy atom. The van der Waals surface area contributed by atoms with Gasteiger partial charge in [-0.3, -0.25) is 9.69 Å². The first-order chi connectivity index (χ1) is 10.0. The second kappa shape index (κ2) is 5.95. The zero-order chi connectivity index (χ0) is 15.0. The molecule has 0 saturated carbocycles. The summed E-state index contributed by atoms with van der Waals surface area (Å²) < 4.78 is 0. The molecule has 0 aromatic heterocycles. The number of piperidine rings is 1. The van der Waals surface area contributed by atoms with Gasteiger partial charge in [-0.25, -0.2) is 0 Å². The molecule has 2 fully saturated rings. The molecule has 114 valence electrons. The van der Waals surface area contributed by atoms with Crippen LogP contribution in [0.15, 0.2) is 18.2 Å². The second-order valence-electron chi connectivity index (χ2n) is 6.19. The summed E-state index contributed by atoms with van der Waals surface area (Å²) in [5.74, 6) is 0.00464. The molecular formula is C16H21ClN2O2. The predicted molar refractivity (Wildman–Crippen MR) is 83.6 cm³/mol. The molecule has 1 amide bonds. The number of rotatable bonds is 3. The highest BCUT2D eigenvalue weighted by Crippen LogP contribution is 2.35. The van der Waals surface area contributed by atoms with E-state index in [0.717, 1.165) is 36.9 Å². The fourth-order valence-electron chi connectivity index (χ4n) is 3.59. The average molecular weight is 309 g/mol. The number of carbonyl (C=O) groups excluding carboxylic acids is 1. The molecule has 2 saturated heterocycles. The third kappa shape index (κ3) is 3.23. The van der Waals surface area contributed by atoms with Crippen LogP contribution in [0.5, 0.6) is 0 Å². The molecule has 4 nitrogen and oxygen atoms in total. The van der Waals surface area contributed by atoms with E-state index in [-0.39, 0.29) is 12.0 Å². The van der Waals surface area contributed by atoms with Crippen molar-refractivity contribution in [2.45, 2.75) is 50.8 Å². The van der Waals surface area contributed by atoms with Gasteiger partial charge in [-0.05, 0) is 56.4 Å². The lowest BCUT2D eigenvalue weighted by Gasteiger charge is -2.36. The number of aliphatic hydroxyl groups excluding tert-OH is 1. The van der Waals surface area contributed by atoms with Crippen molar-refractivity contribution >= 4 is 23.2 Å². The minimum absolute atomic E-state index is 0.00464. The summed E-state index contributed by atoms with van der Waals surface area (Å²) in [6.07, 6.45) is 3.58. The van der Waals surface area contributed by atoms with Crippen molar-refractivity contribution in [3.63, 3.8) is 0 Å². The minimum Gasteiger partial charge on any atom is -0.393 e. The highest BCUT2D eigenvalue weighted by atomic mass is 35.5. The monoisotopic (exact) mass is 308 g/mol. The number of fused-ring (bicyclic) bond motifs is 2. The topological polar surface area (TPSA) is 52.6 Å². The van der Waals surface area contributed by atoms with Gasteiger partial charge in [0.25, 0.3) is 0 Å². The standard InChI is InChI=1S/C16H21ClN2O2/c1-10-6-11(2-5-15(10)17)18-16(21)9-19-12-3-4-13(19)8-14(20)7-12/h2,5-6,12-14,20H,3-4,7-9H2,1H3,(H,18,21)/t12-,13+,14?. The average Bonchev–Trinajstić information content (AvgIpc) is 2.67. The number of anilines is 1. The van der Waals surface area contributed by atoms with Crippen LogP contribution in [0.1, 0.15) is 31.2 Å². The van der Waals surface area contributed by atoms with Crippen molar-refractivity contribution in [3.05, 3.63) is 28.8 Å². The summed E-state index contributed by atoms with van der Waals surface area (Å²) in [6, 6.07) is 6.22. The maximum Gasteiger partial charge on any atom is 0.238 e. The SMILES string of the molecule is Cc1cc(NC(=O)CN2[C@@H]3CC[C@H]2CC(O)C3)ccc1Cl. The first-order valence-electron chi connectivity index (χ1n) is 7.53. The van der Waals surface area contributed by atoms with Crippen molar-refractivity contribution in [2.24, 2.45) is 0 Å². The number of nitrogens with zero attached hydrogens (tertiary/aromatic N) is 1. The number of hydrogen-bond acceptors (Lipinski definition) is 3. The fraction of sp³-hybridized carbons (Fsp3) is 0.562. The largest absolute Gasteiger partial charge is 0.393 e. The molecule has 21 heavy (non-hydrogen) atoms. The van der Waals surface area contributed by atoms with Crippen LogP contribution in [0.4, 0.5) is 5.69 Å². The maximum absolute atomic E-state index is 12.2. The molecule has 2 aliphatic rings. The molecule has 0 aliphatic carbocycles. The van der Waals surface area contributed by atoms with E-state index in [1.165, 1.54) is 0 Å². The van der Waals surface area contributed by atoms with E-state index in [1.54, 1.807) is 6.07 Å². The molecule has 3 atom stereocenters. The summed E-state index contributed by atoms with van der Waals surface area (Å²) in [7, 11) is 0. The molecule has 1 aromatic carbocycles. The van der Waals surface area contributed by atoms with Crippen LogP contribution in [0, 0.1) is 6.92 Å². The first kappa shape index (κ1) is 14.8. The van der Waals surface area contributed by atoms with Crippen LogP contribution in [0.3, 0.4) is 0 Å². The van der Waals surface area contributed by atoms with Gasteiger partial charge in [0.05, 0.1) is 12.6 Å². The van der Waals surface area contributed by atoms with Gasteiger partial charge < -0.3 is 10.4 Å². The molecule has 0 spiro atoms. The molecule has 5 heteroatoms. The molecule has 0 radical (unpaired) electrons. The summed E-state index contributed by atoms with van der Waals surface area (Å²) >= 11 is 5.99. The van der Waals surface area contributed by atoms with Crippen molar-refractivity contribution in [1.82, 2.24) is 4.90 Å². The Labute approximate surface area is 130 Å². The van der Waals surface area contributed by atoms with Gasteiger partial charge in [-0.15, -0.1) is 0 Å². The van der Waals surface area contributed by atoms with Gasteiger partial charge in [0.2, 0.25) is 5.91 Å². The van der Waals surface area contributed by atoms with Crippen LogP contribution in [-0.2, 0) is 4.79 Å². The van der Waals surface area contributed by atoms with Crippen molar-refractivity contribution < 1.29 is 9.90 Å². The van der Waals surface area contributed by atoms with E-state index < -0.39 is 0 Å². The third-order valence-corrected chi connectivity index (χ3v) is 5.05. The lowest BCUT2D eigenvalue weighted by Crippen LogP contribution is -2.47. The van der Waals surface area contributed by atoms with Gasteiger partial charge in [0.1, 0.15) is 0 Å². The molecule has 2 bridgehead atoms. The molecular weight excluding hydrogens is 288 g/mol. The highest BCUT2D eigenvalue weighted by Gasteiger charge is 2.40. The zero-order valence-corrected chi connectivity index (χ0v) is 12.9. The fourth-order valence-corrected chi connectivity index (χ4v) is 3.71. The quantitative estimate of drug-likeness (QED) is 0.902. The van der Waals surface area contributed by atoms with Crippen molar-refractivity contribution in [2.75, 3.05) is 11.9 Å². The van der Waals surface area contributed by atoms with Gasteiger partial charge in [0.15, 0.2) is 0 Å². The predicted octanol–water partition coefficient (Wildman–Crippen LogP) is 2.57. The Kier molecular flexibility index (Phi) is 4.20. The van der Waals surface area contributed by atoms with Gasteiger partial charge in [-0.1, -0.05) is 11.6 Å². The number of benzene rings is 1. The highest BCUT2D eigenvalue weighted by molar-refractivity contribution is 6.31. The second-order valence-corrected chi connectivity index (χ2v) is 6.60. The Morgan fingerprint density at radius 3 is 2.67 bits per heavy atom. The number of carbonyl (C=O) groups is 1. The van der Waals surface area contributed by atoms with E-state index in [9.17, 15) is 9.90 Å². The van der Waals surface area contributed by atoms with Gasteiger partial charge in [0, 0.05) is 22.8 Å². The lowest BCUT2D eigenvalue weighted by molar-refractivity contribution is -0.119. The summed E-state index contributed by atoms with van der Waals surface area (Å²) in [5, 5.41) is 13.4. The zero-order valence-electron chi connectivity index (χ0n) is 12.2. The van der Waals surface area contributed by atoms with E-state index in [0.29, 0.717) is 23.7 Å². The van der Waals surface area contributed by atoms with E-state index in [4.69, 9.17) is 11.6 Å². The number of hydrogen-bond donors (Lipinski definition) is 2. The number of aliphatic hydroxyl groups is 1. The minimum atomic E-state index is -0.194. The molecule has 2 heterocycles. The third-order valence-electron chi connectivity index (χ3n) is 4.63. The number of amides is 1. The molecule has 1 aromatic rings. The lowest BCUT2D eigenvalue weighted by atomic mass is 10.00. The Balaban J connectivity index is 1.60.